The van der Waals surface area contributed by atoms with Crippen LogP contribution in [-0.2, 0) is 0 Å². The van der Waals surface area contributed by atoms with Gasteiger partial charge in [0.25, 0.3) is 0 Å². The quantitative estimate of drug-likeness (QED) is 0.464. The first-order chi connectivity index (χ1) is 5.74. The third kappa shape index (κ3) is 108. The minimum atomic E-state index is 0. The van der Waals surface area contributed by atoms with Crippen LogP contribution in [0, 0.1) is 0 Å². The van der Waals surface area contributed by atoms with Crippen molar-refractivity contribution in [3.05, 3.63) is 0 Å². The van der Waals surface area contributed by atoms with Crippen LogP contribution >= 0.6 is 0 Å². The fourth-order valence-corrected chi connectivity index (χ4v) is 0.144. The Morgan fingerprint density at radius 2 is 0.933 bits per heavy atom. The van der Waals surface area contributed by atoms with Gasteiger partial charge in [-0.2, -0.15) is 0 Å². The molecule has 0 unspecified atom stereocenters. The summed E-state index contributed by atoms with van der Waals surface area (Å²) in [5, 5.41) is 27.8. The summed E-state index contributed by atoms with van der Waals surface area (Å²) in [6.07, 6.45) is 2.63. The summed E-state index contributed by atoms with van der Waals surface area (Å²) in [5.74, 6) is 0. The molecule has 0 bridgehead atoms. The average Bonchev–Trinajstić information content (AvgIpc) is 2.08. The van der Waals surface area contributed by atoms with Gasteiger partial charge in [0.05, 0.1) is 0 Å². The third-order valence-corrected chi connectivity index (χ3v) is 0.702. The van der Waals surface area contributed by atoms with Crippen molar-refractivity contribution in [3.8, 4) is 0 Å². The van der Waals surface area contributed by atoms with Crippen molar-refractivity contribution in [2.75, 3.05) is 19.8 Å². The van der Waals surface area contributed by atoms with E-state index in [0.29, 0.717) is 0 Å². The molecule has 15 heavy (non-hydrogen) atoms. The van der Waals surface area contributed by atoms with Crippen LogP contribution in [0.3, 0.4) is 0 Å². The van der Waals surface area contributed by atoms with Gasteiger partial charge < -0.3 is 15.3 Å². The van der Waals surface area contributed by atoms with E-state index >= 15 is 0 Å². The van der Waals surface area contributed by atoms with Gasteiger partial charge in [0.1, 0.15) is 0 Å². The van der Waals surface area contributed by atoms with Crippen LogP contribution in [0.5, 0.6) is 0 Å². The van der Waals surface area contributed by atoms with E-state index in [-0.39, 0.29) is 108 Å². The van der Waals surface area contributed by atoms with Gasteiger partial charge in [-0.15, -0.1) is 19.8 Å². The molecule has 0 fully saturated rings. The molecule has 0 saturated carbocycles. The molecule has 0 aliphatic heterocycles. The van der Waals surface area contributed by atoms with E-state index in [0.717, 1.165) is 19.3 Å². The summed E-state index contributed by atoms with van der Waals surface area (Å²) in [6.45, 7) is 5.61. The summed E-state index contributed by atoms with van der Waals surface area (Å²) < 4.78 is 0. The van der Waals surface area contributed by atoms with Gasteiger partial charge in [-0.1, -0.05) is 40.0 Å². The van der Waals surface area contributed by atoms with Crippen molar-refractivity contribution < 1.29 is 104 Å². The van der Waals surface area contributed by atoms with Crippen molar-refractivity contribution in [3.63, 3.8) is 0 Å². The molecule has 0 atom stereocenters. The molecule has 0 aliphatic rings. The van der Waals surface area contributed by atoms with Gasteiger partial charge in [0, 0.05) is 0 Å². The molecular weight excluding hydrogens is 225 g/mol. The van der Waals surface area contributed by atoms with Crippen LogP contribution in [0.1, 0.15) is 40.0 Å². The molecule has 0 N–H and O–H groups in total. The van der Waals surface area contributed by atoms with Gasteiger partial charge >= 0.3 is 88.7 Å². The van der Waals surface area contributed by atoms with Crippen molar-refractivity contribution in [1.29, 1.82) is 0 Å². The zero-order valence-electron chi connectivity index (χ0n) is 11.5. The molecule has 0 aromatic heterocycles. The summed E-state index contributed by atoms with van der Waals surface area (Å²) in [5.41, 5.74) is 0. The Kier molecular flexibility index (Phi) is 130. The van der Waals surface area contributed by atoms with Crippen molar-refractivity contribution >= 4 is 0 Å². The number of unbranched alkanes of at least 4 members (excludes halogenated alkanes) is 1. The van der Waals surface area contributed by atoms with Crippen LogP contribution in [-0.4, -0.2) is 19.8 Å². The summed E-state index contributed by atoms with van der Waals surface area (Å²) in [6, 6.07) is 0. The first kappa shape index (κ1) is 36.1. The zero-order chi connectivity index (χ0) is 10.2. The molecule has 0 aromatic rings. The first-order valence-corrected chi connectivity index (χ1v) is 4.49. The van der Waals surface area contributed by atoms with Gasteiger partial charge in [0.2, 0.25) is 0 Å². The Morgan fingerprint density at radius 1 is 0.667 bits per heavy atom. The fourth-order valence-electron chi connectivity index (χ4n) is 0.144. The van der Waals surface area contributed by atoms with Crippen LogP contribution in [0.15, 0.2) is 0 Å². The second-order valence-electron chi connectivity index (χ2n) is 2.05. The smallest absolute Gasteiger partial charge is 0.855 e. The number of rotatable bonds is 3. The largest absolute Gasteiger partial charge is 1.00 e. The van der Waals surface area contributed by atoms with Crippen LogP contribution in [0.4, 0.5) is 0 Å². The topological polar surface area (TPSA) is 69.2 Å². The second-order valence-corrected chi connectivity index (χ2v) is 2.05. The SMILES string of the molecule is CCCC[O-].CCC[O-].CC[O-].[Na+].[Na+].[Na+]. The molecule has 0 rings (SSSR count). The Hall–Kier alpha value is 2.88. The molecule has 3 nitrogen and oxygen atoms in total. The van der Waals surface area contributed by atoms with Crippen LogP contribution in [0.2, 0.25) is 0 Å². The van der Waals surface area contributed by atoms with Crippen molar-refractivity contribution in [1.82, 2.24) is 0 Å². The third-order valence-electron chi connectivity index (χ3n) is 0.702. The summed E-state index contributed by atoms with van der Waals surface area (Å²) >= 11 is 0. The van der Waals surface area contributed by atoms with Gasteiger partial charge in [0.15, 0.2) is 0 Å². The van der Waals surface area contributed by atoms with Crippen LogP contribution in [0.25, 0.3) is 0 Å². The minimum absolute atomic E-state index is 0. The minimum Gasteiger partial charge on any atom is -0.855 e. The maximum atomic E-state index is 9.53. The molecule has 0 aromatic carbocycles. The van der Waals surface area contributed by atoms with E-state index in [1.807, 2.05) is 13.8 Å². The van der Waals surface area contributed by atoms with E-state index in [2.05, 4.69) is 0 Å². The Labute approximate surface area is 161 Å². The standard InChI is InChI=1S/C4H9O.C3H7O.C2H5O.3Na/c1-2-3-4-5;1-2-3-4;1-2-3;;;/h2-4H2,1H3;2-3H2,1H3;2H2,1H3;;;/q3*-1;3*+1. The van der Waals surface area contributed by atoms with E-state index in [9.17, 15) is 10.2 Å². The molecule has 0 radical (unpaired) electrons. The van der Waals surface area contributed by atoms with Gasteiger partial charge in [-0.05, 0) is 0 Å². The van der Waals surface area contributed by atoms with Crippen molar-refractivity contribution in [2.24, 2.45) is 0 Å². The van der Waals surface area contributed by atoms with Crippen molar-refractivity contribution in [2.45, 2.75) is 40.0 Å². The monoisotopic (exact) mass is 246 g/mol. The molecule has 0 heterocycles. The molecule has 0 saturated heterocycles. The predicted molar refractivity (Wildman–Crippen MR) is 45.5 cm³/mol. The average molecular weight is 246 g/mol. The first-order valence-electron chi connectivity index (χ1n) is 4.49. The summed E-state index contributed by atoms with van der Waals surface area (Å²) in [4.78, 5) is 0. The fraction of sp³-hybridized carbons (Fsp3) is 1.00. The maximum Gasteiger partial charge on any atom is 1.00 e. The molecular formula is C9H21Na3O3. The van der Waals surface area contributed by atoms with E-state index in [4.69, 9.17) is 5.11 Å². The van der Waals surface area contributed by atoms with Gasteiger partial charge in [-0.3, -0.25) is 0 Å². The molecule has 0 aliphatic carbocycles. The second kappa shape index (κ2) is 54.0. The Balaban J connectivity index is -0.0000000189. The molecule has 6 heteroatoms. The molecule has 0 amide bonds. The zero-order valence-corrected chi connectivity index (χ0v) is 17.5. The van der Waals surface area contributed by atoms with E-state index < -0.39 is 0 Å². The van der Waals surface area contributed by atoms with E-state index in [1.165, 1.54) is 0 Å². The number of hydrogen-bond acceptors (Lipinski definition) is 3. The Bertz CT molecular complexity index is 47.6. The Morgan fingerprint density at radius 3 is 0.933 bits per heavy atom. The molecule has 0 spiro atoms. The predicted octanol–water partition coefficient (Wildman–Crippen LogP) is -9.72. The van der Waals surface area contributed by atoms with E-state index in [1.54, 1.807) is 6.92 Å². The summed E-state index contributed by atoms with van der Waals surface area (Å²) in [7, 11) is 0. The molecule has 78 valence electrons. The number of hydrogen-bond donors (Lipinski definition) is 0. The van der Waals surface area contributed by atoms with Crippen LogP contribution < -0.4 is 104 Å². The normalized spacial score (nSPS) is 6.00. The maximum absolute atomic E-state index is 9.53. The van der Waals surface area contributed by atoms with Gasteiger partial charge in [-0.25, -0.2) is 0 Å².